The van der Waals surface area contributed by atoms with E-state index in [0.29, 0.717) is 6.42 Å². The maximum Gasteiger partial charge on any atom is 0.294 e. The third-order valence-electron chi connectivity index (χ3n) is 2.91. The Bertz CT molecular complexity index is 477. The Morgan fingerprint density at radius 2 is 1.74 bits per heavy atom. The molecule has 0 radical (unpaired) electrons. The number of pyridine rings is 1. The van der Waals surface area contributed by atoms with Crippen molar-refractivity contribution in [3.05, 3.63) is 76.1 Å². The Kier molecular flexibility index (Phi) is 4.44. The van der Waals surface area contributed by atoms with E-state index in [-0.39, 0.29) is 12.5 Å². The zero-order valence-corrected chi connectivity index (χ0v) is 10.3. The summed E-state index contributed by atoms with van der Waals surface area (Å²) in [5.41, 5.74) is 2.19. The summed E-state index contributed by atoms with van der Waals surface area (Å²) in [5, 5.41) is 9.47. The SMILES string of the molecule is O=[N+]([O-])OCCC(c1ccccc1)c1ccncc1. The van der Waals surface area contributed by atoms with Crippen LogP contribution in [0.5, 0.6) is 0 Å². The zero-order chi connectivity index (χ0) is 13.5. The molecule has 2 aromatic rings. The molecular weight excluding hydrogens is 244 g/mol. The molecule has 0 aliphatic carbocycles. The van der Waals surface area contributed by atoms with E-state index in [9.17, 15) is 10.1 Å². The van der Waals surface area contributed by atoms with Gasteiger partial charge in [-0.15, -0.1) is 10.1 Å². The third kappa shape index (κ3) is 3.77. The average Bonchev–Trinajstić information content (AvgIpc) is 2.45. The van der Waals surface area contributed by atoms with Gasteiger partial charge >= 0.3 is 0 Å². The van der Waals surface area contributed by atoms with Crippen LogP contribution in [-0.2, 0) is 4.84 Å². The minimum Gasteiger partial charge on any atom is -0.314 e. The van der Waals surface area contributed by atoms with Crippen LogP contribution in [0, 0.1) is 10.1 Å². The maximum atomic E-state index is 10.2. The van der Waals surface area contributed by atoms with Gasteiger partial charge in [-0.05, 0) is 29.7 Å². The van der Waals surface area contributed by atoms with Gasteiger partial charge in [0.2, 0.25) is 0 Å². The van der Waals surface area contributed by atoms with E-state index >= 15 is 0 Å². The van der Waals surface area contributed by atoms with Gasteiger partial charge in [-0.1, -0.05) is 30.3 Å². The number of hydrogen-bond donors (Lipinski definition) is 0. The van der Waals surface area contributed by atoms with Gasteiger partial charge in [0.25, 0.3) is 5.09 Å². The van der Waals surface area contributed by atoms with Crippen LogP contribution in [0.3, 0.4) is 0 Å². The molecule has 0 saturated carbocycles. The Hall–Kier alpha value is -2.43. The molecule has 19 heavy (non-hydrogen) atoms. The summed E-state index contributed by atoms with van der Waals surface area (Å²) in [6.45, 7) is 0.0783. The average molecular weight is 258 g/mol. The number of aromatic nitrogens is 1. The first-order valence-corrected chi connectivity index (χ1v) is 5.99. The molecule has 0 aliphatic rings. The number of benzene rings is 1. The van der Waals surface area contributed by atoms with Crippen molar-refractivity contribution < 1.29 is 9.92 Å². The van der Waals surface area contributed by atoms with Crippen molar-refractivity contribution in [2.45, 2.75) is 12.3 Å². The summed E-state index contributed by atoms with van der Waals surface area (Å²) < 4.78 is 0. The molecule has 0 saturated heterocycles. The zero-order valence-electron chi connectivity index (χ0n) is 10.3. The van der Waals surface area contributed by atoms with E-state index in [1.165, 1.54) is 0 Å². The van der Waals surface area contributed by atoms with Crippen LogP contribution in [0.25, 0.3) is 0 Å². The highest BCUT2D eigenvalue weighted by Gasteiger charge is 2.14. The number of hydrogen-bond acceptors (Lipinski definition) is 4. The second-order valence-corrected chi connectivity index (χ2v) is 4.09. The van der Waals surface area contributed by atoms with Gasteiger partial charge in [0.1, 0.15) is 0 Å². The molecule has 1 atom stereocenters. The quantitative estimate of drug-likeness (QED) is 0.590. The predicted molar refractivity (Wildman–Crippen MR) is 70.1 cm³/mol. The van der Waals surface area contributed by atoms with E-state index in [0.717, 1.165) is 11.1 Å². The van der Waals surface area contributed by atoms with Crippen LogP contribution in [0.2, 0.25) is 0 Å². The summed E-state index contributed by atoms with van der Waals surface area (Å²) in [7, 11) is 0. The van der Waals surface area contributed by atoms with Crippen LogP contribution < -0.4 is 0 Å². The van der Waals surface area contributed by atoms with Gasteiger partial charge in [-0.2, -0.15) is 0 Å². The molecule has 0 bridgehead atoms. The fourth-order valence-electron chi connectivity index (χ4n) is 2.05. The van der Waals surface area contributed by atoms with Gasteiger partial charge in [-0.3, -0.25) is 4.98 Å². The number of rotatable bonds is 6. The van der Waals surface area contributed by atoms with Gasteiger partial charge in [0, 0.05) is 18.3 Å². The van der Waals surface area contributed by atoms with E-state index < -0.39 is 5.09 Å². The van der Waals surface area contributed by atoms with Crippen LogP contribution >= 0.6 is 0 Å². The second-order valence-electron chi connectivity index (χ2n) is 4.09. The molecule has 5 nitrogen and oxygen atoms in total. The van der Waals surface area contributed by atoms with Gasteiger partial charge in [0.05, 0.1) is 6.61 Å². The van der Waals surface area contributed by atoms with E-state index in [1.807, 2.05) is 42.5 Å². The first kappa shape index (κ1) is 13.0. The smallest absolute Gasteiger partial charge is 0.294 e. The van der Waals surface area contributed by atoms with Crippen LogP contribution in [0.4, 0.5) is 0 Å². The highest BCUT2D eigenvalue weighted by molar-refractivity contribution is 5.30. The van der Waals surface area contributed by atoms with E-state index in [2.05, 4.69) is 9.82 Å². The van der Waals surface area contributed by atoms with Crippen molar-refractivity contribution in [2.24, 2.45) is 0 Å². The normalized spacial score (nSPS) is 11.8. The minimum absolute atomic E-state index is 0.0733. The number of nitrogens with zero attached hydrogens (tertiary/aromatic N) is 2. The topological polar surface area (TPSA) is 65.3 Å². The fourth-order valence-corrected chi connectivity index (χ4v) is 2.05. The summed E-state index contributed by atoms with van der Waals surface area (Å²) in [6.07, 6.45) is 3.99. The summed E-state index contributed by atoms with van der Waals surface area (Å²) in [4.78, 5) is 18.6. The van der Waals surface area contributed by atoms with Crippen molar-refractivity contribution in [2.75, 3.05) is 6.61 Å². The molecule has 1 heterocycles. The lowest BCUT2D eigenvalue weighted by atomic mass is 9.89. The predicted octanol–water partition coefficient (Wildman–Crippen LogP) is 2.81. The monoisotopic (exact) mass is 258 g/mol. The highest BCUT2D eigenvalue weighted by Crippen LogP contribution is 2.27. The summed E-state index contributed by atoms with van der Waals surface area (Å²) >= 11 is 0. The van der Waals surface area contributed by atoms with Crippen LogP contribution in [0.15, 0.2) is 54.9 Å². The fraction of sp³-hybridized carbons (Fsp3) is 0.214. The third-order valence-corrected chi connectivity index (χ3v) is 2.91. The molecule has 1 aromatic carbocycles. The van der Waals surface area contributed by atoms with Crippen molar-refractivity contribution in [1.29, 1.82) is 0 Å². The molecule has 1 aromatic heterocycles. The standard InChI is InChI=1S/C14H14N2O3/c17-16(18)19-11-8-14(12-4-2-1-3-5-12)13-6-9-15-10-7-13/h1-7,9-10,14H,8,11H2. The first-order valence-electron chi connectivity index (χ1n) is 5.99. The van der Waals surface area contributed by atoms with Crippen molar-refractivity contribution in [3.8, 4) is 0 Å². The van der Waals surface area contributed by atoms with E-state index in [4.69, 9.17) is 0 Å². The molecule has 1 unspecified atom stereocenters. The maximum absolute atomic E-state index is 10.2. The van der Waals surface area contributed by atoms with Crippen LogP contribution in [0.1, 0.15) is 23.5 Å². The molecule has 5 heteroatoms. The Balaban J connectivity index is 2.17. The van der Waals surface area contributed by atoms with Gasteiger partial charge in [-0.25, -0.2) is 0 Å². The molecule has 0 spiro atoms. The van der Waals surface area contributed by atoms with E-state index in [1.54, 1.807) is 12.4 Å². The van der Waals surface area contributed by atoms with Gasteiger partial charge < -0.3 is 4.84 Å². The first-order chi connectivity index (χ1) is 9.27. The summed E-state index contributed by atoms with van der Waals surface area (Å²) in [6, 6.07) is 13.7. The molecule has 2 rings (SSSR count). The molecule has 0 amide bonds. The lowest BCUT2D eigenvalue weighted by molar-refractivity contribution is -0.757. The Morgan fingerprint density at radius 1 is 1.11 bits per heavy atom. The van der Waals surface area contributed by atoms with Crippen molar-refractivity contribution in [3.63, 3.8) is 0 Å². The lowest BCUT2D eigenvalue weighted by Gasteiger charge is -2.17. The molecular formula is C14H14N2O3. The Labute approximate surface area is 111 Å². The largest absolute Gasteiger partial charge is 0.314 e. The lowest BCUT2D eigenvalue weighted by Crippen LogP contribution is -2.08. The van der Waals surface area contributed by atoms with Crippen LogP contribution in [-0.4, -0.2) is 16.7 Å². The summed E-state index contributed by atoms with van der Waals surface area (Å²) in [5.74, 6) is 0.0733. The van der Waals surface area contributed by atoms with Gasteiger partial charge in [0.15, 0.2) is 0 Å². The molecule has 0 N–H and O–H groups in total. The highest BCUT2D eigenvalue weighted by atomic mass is 16.9. The minimum atomic E-state index is -0.755. The van der Waals surface area contributed by atoms with Crippen molar-refractivity contribution >= 4 is 0 Å². The molecule has 0 fully saturated rings. The molecule has 98 valence electrons. The molecule has 0 aliphatic heterocycles. The van der Waals surface area contributed by atoms with Crippen molar-refractivity contribution in [1.82, 2.24) is 4.98 Å². The Morgan fingerprint density at radius 3 is 2.37 bits per heavy atom. The second kappa shape index (κ2) is 6.49.